The second-order valence-electron chi connectivity index (χ2n) is 5.69. The van der Waals surface area contributed by atoms with Crippen molar-refractivity contribution in [1.29, 1.82) is 0 Å². The number of pyridine rings is 1. The van der Waals surface area contributed by atoms with Gasteiger partial charge in [-0.3, -0.25) is 4.98 Å². The van der Waals surface area contributed by atoms with Crippen LogP contribution in [-0.2, 0) is 12.8 Å². The summed E-state index contributed by atoms with van der Waals surface area (Å²) in [5.74, 6) is -0.138. The maximum absolute atomic E-state index is 13.7. The van der Waals surface area contributed by atoms with Crippen molar-refractivity contribution in [2.45, 2.75) is 26.7 Å². The van der Waals surface area contributed by atoms with Gasteiger partial charge in [-0.2, -0.15) is 0 Å². The molecule has 3 aromatic rings. The van der Waals surface area contributed by atoms with Gasteiger partial charge in [-0.15, -0.1) is 0 Å². The molecular weight excluding hydrogens is 287 g/mol. The second kappa shape index (κ2) is 6.78. The van der Waals surface area contributed by atoms with Gasteiger partial charge in [-0.25, -0.2) is 4.39 Å². The highest BCUT2D eigenvalue weighted by molar-refractivity contribution is 5.93. The Kier molecular flexibility index (Phi) is 4.56. The number of fused-ring (bicyclic) bond motifs is 1. The van der Waals surface area contributed by atoms with Crippen LogP contribution in [0.5, 0.6) is 0 Å². The van der Waals surface area contributed by atoms with Crippen molar-refractivity contribution in [2.75, 3.05) is 11.9 Å². The predicted octanol–water partition coefficient (Wildman–Crippen LogP) is 4.90. The fraction of sp³-hybridized carbons (Fsp3) is 0.250. The molecule has 0 atom stereocenters. The summed E-state index contributed by atoms with van der Waals surface area (Å²) in [5.41, 5.74) is 5.16. The molecule has 118 valence electrons. The van der Waals surface area contributed by atoms with Crippen molar-refractivity contribution >= 4 is 16.6 Å². The average molecular weight is 308 g/mol. The minimum Gasteiger partial charge on any atom is -0.384 e. The molecule has 0 aliphatic heterocycles. The van der Waals surface area contributed by atoms with E-state index in [0.717, 1.165) is 34.3 Å². The van der Waals surface area contributed by atoms with Crippen LogP contribution in [0.3, 0.4) is 0 Å². The Morgan fingerprint density at radius 2 is 1.78 bits per heavy atom. The Morgan fingerprint density at radius 3 is 2.57 bits per heavy atom. The van der Waals surface area contributed by atoms with E-state index in [1.165, 1.54) is 11.6 Å². The van der Waals surface area contributed by atoms with Crippen LogP contribution in [-0.4, -0.2) is 11.5 Å². The van der Waals surface area contributed by atoms with Gasteiger partial charge >= 0.3 is 0 Å². The van der Waals surface area contributed by atoms with Gasteiger partial charge < -0.3 is 5.32 Å². The second-order valence-corrected chi connectivity index (χ2v) is 5.69. The van der Waals surface area contributed by atoms with E-state index in [4.69, 9.17) is 0 Å². The Hall–Kier alpha value is -2.42. The third-order valence-corrected chi connectivity index (χ3v) is 4.21. The molecule has 0 fully saturated rings. The van der Waals surface area contributed by atoms with Crippen LogP contribution in [0.25, 0.3) is 10.9 Å². The quantitative estimate of drug-likeness (QED) is 0.725. The van der Waals surface area contributed by atoms with E-state index >= 15 is 0 Å². The Bertz CT molecular complexity index is 827. The lowest BCUT2D eigenvalue weighted by molar-refractivity contribution is 0.610. The molecular formula is C20H21FN2. The van der Waals surface area contributed by atoms with Crippen molar-refractivity contribution in [3.05, 3.63) is 71.2 Å². The predicted molar refractivity (Wildman–Crippen MR) is 94.5 cm³/mol. The molecule has 1 aromatic heterocycles. The van der Waals surface area contributed by atoms with Crippen LogP contribution in [0.15, 0.2) is 48.5 Å². The summed E-state index contributed by atoms with van der Waals surface area (Å²) < 4.78 is 13.7. The molecule has 1 heterocycles. The number of aromatic nitrogens is 1. The van der Waals surface area contributed by atoms with Gasteiger partial charge in [-0.05, 0) is 43.0 Å². The van der Waals surface area contributed by atoms with E-state index in [-0.39, 0.29) is 5.82 Å². The van der Waals surface area contributed by atoms with Crippen molar-refractivity contribution in [3.8, 4) is 0 Å². The maximum atomic E-state index is 13.7. The van der Waals surface area contributed by atoms with Crippen molar-refractivity contribution in [2.24, 2.45) is 0 Å². The fourth-order valence-electron chi connectivity index (χ4n) is 3.03. The monoisotopic (exact) mass is 308 g/mol. The lowest BCUT2D eigenvalue weighted by Crippen LogP contribution is -2.10. The normalized spacial score (nSPS) is 10.9. The number of aryl methyl sites for hydroxylation is 1. The van der Waals surface area contributed by atoms with Crippen LogP contribution in [0, 0.1) is 12.7 Å². The summed E-state index contributed by atoms with van der Waals surface area (Å²) in [7, 11) is 0. The highest BCUT2D eigenvalue weighted by Crippen LogP contribution is 2.28. The third-order valence-electron chi connectivity index (χ3n) is 4.21. The van der Waals surface area contributed by atoms with Crippen molar-refractivity contribution in [3.63, 3.8) is 0 Å². The molecule has 0 amide bonds. The van der Waals surface area contributed by atoms with Crippen molar-refractivity contribution in [1.82, 2.24) is 4.98 Å². The maximum Gasteiger partial charge on any atom is 0.126 e. The van der Waals surface area contributed by atoms with E-state index in [9.17, 15) is 4.39 Å². The number of para-hydroxylation sites is 1. The Balaban J connectivity index is 1.88. The molecule has 2 aromatic carbocycles. The lowest BCUT2D eigenvalue weighted by Gasteiger charge is -2.16. The Labute approximate surface area is 136 Å². The molecule has 0 spiro atoms. The average Bonchev–Trinajstić information content (AvgIpc) is 2.56. The standard InChI is InChI=1S/C20H21FN2/c1-3-16-14(2)23-19-11-7-5-9-17(19)20(16)22-13-12-15-8-4-6-10-18(15)21/h4-11H,3,12-13H2,1-2H3,(H,22,23). The van der Waals surface area contributed by atoms with Crippen LogP contribution >= 0.6 is 0 Å². The zero-order chi connectivity index (χ0) is 16.2. The van der Waals surface area contributed by atoms with Gasteiger partial charge in [0.2, 0.25) is 0 Å². The molecule has 0 unspecified atom stereocenters. The minimum atomic E-state index is -0.138. The zero-order valence-electron chi connectivity index (χ0n) is 13.6. The number of halogens is 1. The van der Waals surface area contributed by atoms with Gasteiger partial charge in [0, 0.05) is 23.3 Å². The molecule has 0 bridgehead atoms. The lowest BCUT2D eigenvalue weighted by atomic mass is 10.0. The highest BCUT2D eigenvalue weighted by Gasteiger charge is 2.11. The van der Waals surface area contributed by atoms with E-state index in [2.05, 4.69) is 23.3 Å². The SMILES string of the molecule is CCc1c(C)nc2ccccc2c1NCCc1ccccc1F. The first-order valence-electron chi connectivity index (χ1n) is 8.06. The number of rotatable bonds is 5. The highest BCUT2D eigenvalue weighted by atomic mass is 19.1. The summed E-state index contributed by atoms with van der Waals surface area (Å²) in [5, 5.41) is 4.65. The fourth-order valence-corrected chi connectivity index (χ4v) is 3.03. The number of nitrogens with one attached hydrogen (secondary N) is 1. The van der Waals surface area contributed by atoms with E-state index < -0.39 is 0 Å². The molecule has 1 N–H and O–H groups in total. The summed E-state index contributed by atoms with van der Waals surface area (Å²) in [6.07, 6.45) is 1.58. The van der Waals surface area contributed by atoms with Gasteiger partial charge in [-0.1, -0.05) is 43.3 Å². The molecule has 0 saturated heterocycles. The molecule has 3 rings (SSSR count). The number of hydrogen-bond acceptors (Lipinski definition) is 2. The summed E-state index contributed by atoms with van der Waals surface area (Å²) in [6.45, 7) is 4.88. The molecule has 0 aliphatic rings. The number of benzene rings is 2. The molecule has 23 heavy (non-hydrogen) atoms. The van der Waals surface area contributed by atoms with E-state index in [1.807, 2.05) is 37.3 Å². The largest absolute Gasteiger partial charge is 0.384 e. The molecule has 3 heteroatoms. The van der Waals surface area contributed by atoms with Crippen molar-refractivity contribution < 1.29 is 4.39 Å². The molecule has 2 nitrogen and oxygen atoms in total. The molecule has 0 aliphatic carbocycles. The van der Waals surface area contributed by atoms with Gasteiger partial charge in [0.1, 0.15) is 5.82 Å². The zero-order valence-corrected chi connectivity index (χ0v) is 13.6. The molecule has 0 radical (unpaired) electrons. The minimum absolute atomic E-state index is 0.138. The number of anilines is 1. The summed E-state index contributed by atoms with van der Waals surface area (Å²) >= 11 is 0. The summed E-state index contributed by atoms with van der Waals surface area (Å²) in [4.78, 5) is 4.69. The van der Waals surface area contributed by atoms with Crippen LogP contribution < -0.4 is 5.32 Å². The number of nitrogens with zero attached hydrogens (tertiary/aromatic N) is 1. The number of hydrogen-bond donors (Lipinski definition) is 1. The van der Waals surface area contributed by atoms with Crippen LogP contribution in [0.2, 0.25) is 0 Å². The van der Waals surface area contributed by atoms with Crippen LogP contribution in [0.1, 0.15) is 23.7 Å². The van der Waals surface area contributed by atoms with Gasteiger partial charge in [0.15, 0.2) is 0 Å². The van der Waals surface area contributed by atoms with E-state index in [0.29, 0.717) is 13.0 Å². The summed E-state index contributed by atoms with van der Waals surface area (Å²) in [6, 6.07) is 15.1. The van der Waals surface area contributed by atoms with Gasteiger partial charge in [0.05, 0.1) is 5.52 Å². The molecule has 0 saturated carbocycles. The first-order valence-corrected chi connectivity index (χ1v) is 8.06. The third kappa shape index (κ3) is 3.19. The topological polar surface area (TPSA) is 24.9 Å². The first kappa shape index (κ1) is 15.5. The Morgan fingerprint density at radius 1 is 1.04 bits per heavy atom. The smallest absolute Gasteiger partial charge is 0.126 e. The van der Waals surface area contributed by atoms with E-state index in [1.54, 1.807) is 6.07 Å². The van der Waals surface area contributed by atoms with Crippen LogP contribution in [0.4, 0.5) is 10.1 Å². The first-order chi connectivity index (χ1) is 11.2. The van der Waals surface area contributed by atoms with Gasteiger partial charge in [0.25, 0.3) is 0 Å².